The normalized spacial score (nSPS) is 26.7. The van der Waals surface area contributed by atoms with Crippen LogP contribution >= 0.6 is 0 Å². The van der Waals surface area contributed by atoms with Crippen molar-refractivity contribution in [1.29, 1.82) is 0 Å². The van der Waals surface area contributed by atoms with Crippen LogP contribution in [0.2, 0.25) is 0 Å². The summed E-state index contributed by atoms with van der Waals surface area (Å²) >= 11 is 0. The minimum atomic E-state index is -5.03. The molecule has 0 spiro atoms. The number of carboxylic acid groups (broad SMARTS) is 1. The van der Waals surface area contributed by atoms with Crippen LogP contribution in [0.15, 0.2) is 36.4 Å². The van der Waals surface area contributed by atoms with E-state index in [1.165, 1.54) is 31.0 Å². The molecule has 2 aromatic carbocycles. The largest absolute Gasteiger partial charge is 0.481 e. The van der Waals surface area contributed by atoms with E-state index < -0.39 is 58.8 Å². The Bertz CT molecular complexity index is 1400. The number of alkyl halides is 6. The number of fused-ring (bicyclic) bond motifs is 1. The molecule has 2 amide bonds. The number of likely N-dealkylation sites (tertiary alicyclic amines) is 2. The molecule has 2 heterocycles. The van der Waals surface area contributed by atoms with E-state index in [2.05, 4.69) is 4.90 Å². The summed E-state index contributed by atoms with van der Waals surface area (Å²) in [5.41, 5.74) is -2.75. The predicted molar refractivity (Wildman–Crippen MR) is 141 cm³/mol. The van der Waals surface area contributed by atoms with E-state index in [0.717, 1.165) is 4.90 Å². The SMILES string of the molecule is Cc1cc(F)ccc1[C@H]1C[C@@H](N2C[C@H]3C[C@@]3(C(=O)O)C2)CCN1C(=O)N(C)[C@H](C)c1cc(C(F)(F)F)cc(C(F)(F)F)c1. The topological polar surface area (TPSA) is 64.1 Å². The Hall–Kier alpha value is -3.35. The molecule has 6 nitrogen and oxygen atoms in total. The molecule has 1 N–H and O–H groups in total. The minimum Gasteiger partial charge on any atom is -0.481 e. The molecule has 5 rings (SSSR count). The molecule has 2 aromatic rings. The number of carbonyl (C=O) groups excluding carboxylic acids is 1. The number of piperidine rings is 2. The predicted octanol–water partition coefficient (Wildman–Crippen LogP) is 6.90. The van der Waals surface area contributed by atoms with Gasteiger partial charge in [0.1, 0.15) is 5.82 Å². The fraction of sp³-hybridized carbons (Fsp3) is 0.533. The van der Waals surface area contributed by atoms with Crippen molar-refractivity contribution in [1.82, 2.24) is 14.7 Å². The third-order valence-corrected chi connectivity index (χ3v) is 9.50. The Morgan fingerprint density at radius 2 is 1.67 bits per heavy atom. The molecule has 0 bridgehead atoms. The highest BCUT2D eigenvalue weighted by molar-refractivity contribution is 5.79. The number of halogens is 7. The van der Waals surface area contributed by atoms with Gasteiger partial charge in [-0.2, -0.15) is 26.3 Å². The van der Waals surface area contributed by atoms with E-state index in [4.69, 9.17) is 0 Å². The molecular weight excluding hydrogens is 583 g/mol. The highest BCUT2D eigenvalue weighted by Crippen LogP contribution is 2.59. The number of hydrogen-bond donors (Lipinski definition) is 1. The maximum Gasteiger partial charge on any atom is 0.416 e. The summed E-state index contributed by atoms with van der Waals surface area (Å²) in [6, 6.07) is 3.07. The number of hydrogen-bond acceptors (Lipinski definition) is 3. The Morgan fingerprint density at radius 3 is 2.21 bits per heavy atom. The molecule has 2 aliphatic heterocycles. The minimum absolute atomic E-state index is 0.0486. The van der Waals surface area contributed by atoms with Gasteiger partial charge in [0.05, 0.1) is 28.6 Å². The quantitative estimate of drug-likeness (QED) is 0.372. The summed E-state index contributed by atoms with van der Waals surface area (Å²) in [4.78, 5) is 30.5. The molecule has 0 aromatic heterocycles. The summed E-state index contributed by atoms with van der Waals surface area (Å²) in [5, 5.41) is 9.72. The average Bonchev–Trinajstić information content (AvgIpc) is 3.51. The number of aryl methyl sites for hydroxylation is 1. The number of amides is 2. The molecule has 3 fully saturated rings. The molecule has 43 heavy (non-hydrogen) atoms. The van der Waals surface area contributed by atoms with Crippen LogP contribution in [0.4, 0.5) is 35.5 Å². The third-order valence-electron chi connectivity index (χ3n) is 9.50. The van der Waals surface area contributed by atoms with E-state index in [0.29, 0.717) is 55.6 Å². The molecule has 0 unspecified atom stereocenters. The molecule has 13 heteroatoms. The van der Waals surface area contributed by atoms with E-state index in [1.807, 2.05) is 0 Å². The van der Waals surface area contributed by atoms with Crippen LogP contribution in [0, 0.1) is 24.1 Å². The number of rotatable bonds is 5. The van der Waals surface area contributed by atoms with Gasteiger partial charge in [-0.25, -0.2) is 9.18 Å². The van der Waals surface area contributed by atoms with Crippen LogP contribution in [0.1, 0.15) is 66.1 Å². The standard InChI is InChI=1S/C30H32F7N3O3/c1-16-8-22(31)4-5-24(16)25-12-23(39-14-21-13-28(21,15-39)26(41)42)6-7-40(25)27(43)38(3)17(2)18-9-19(29(32,33)34)11-20(10-18)30(35,36)37/h4-5,8-11,17,21,23,25H,6-7,12-15H2,1-3H3,(H,41,42)/t17-,21-,23+,25-,28-/m1/s1. The molecule has 0 radical (unpaired) electrons. The summed E-state index contributed by atoms with van der Waals surface area (Å²) in [7, 11) is 1.33. The maximum absolute atomic E-state index is 14.0. The van der Waals surface area contributed by atoms with Gasteiger partial charge >= 0.3 is 24.4 Å². The lowest BCUT2D eigenvalue weighted by atomic mass is 9.88. The number of carboxylic acids is 1. The van der Waals surface area contributed by atoms with Crippen LogP contribution in [-0.2, 0) is 17.1 Å². The van der Waals surface area contributed by atoms with Gasteiger partial charge in [0.25, 0.3) is 0 Å². The first kappa shape index (κ1) is 31.1. The van der Waals surface area contributed by atoms with Crippen molar-refractivity contribution in [3.05, 3.63) is 70.0 Å². The summed E-state index contributed by atoms with van der Waals surface area (Å²) in [5.74, 6) is -1.22. The zero-order valence-corrected chi connectivity index (χ0v) is 23.8. The van der Waals surface area contributed by atoms with Gasteiger partial charge in [-0.05, 0) is 86.1 Å². The van der Waals surface area contributed by atoms with E-state index in [9.17, 15) is 45.4 Å². The second kappa shape index (κ2) is 10.7. The van der Waals surface area contributed by atoms with E-state index in [1.54, 1.807) is 13.0 Å². The van der Waals surface area contributed by atoms with Gasteiger partial charge in [0.15, 0.2) is 0 Å². The first-order valence-electron chi connectivity index (χ1n) is 14.0. The Balaban J connectivity index is 1.43. The fourth-order valence-electron chi connectivity index (χ4n) is 6.76. The molecule has 3 aliphatic rings. The van der Waals surface area contributed by atoms with Gasteiger partial charge < -0.3 is 14.9 Å². The molecular formula is C30H32F7N3O3. The van der Waals surface area contributed by atoms with Crippen molar-refractivity contribution in [2.45, 2.75) is 63.6 Å². The number of aliphatic carboxylic acids is 1. The number of carbonyl (C=O) groups is 2. The van der Waals surface area contributed by atoms with Gasteiger partial charge in [-0.3, -0.25) is 9.69 Å². The van der Waals surface area contributed by atoms with Crippen molar-refractivity contribution >= 4 is 12.0 Å². The van der Waals surface area contributed by atoms with Gasteiger partial charge in [-0.1, -0.05) is 6.07 Å². The molecule has 1 saturated carbocycles. The van der Waals surface area contributed by atoms with Crippen LogP contribution in [0.3, 0.4) is 0 Å². The summed E-state index contributed by atoms with van der Waals surface area (Å²) in [6.45, 7) is 4.28. The smallest absolute Gasteiger partial charge is 0.416 e. The fourth-order valence-corrected chi connectivity index (χ4v) is 6.76. The highest BCUT2D eigenvalue weighted by Gasteiger charge is 2.66. The second-order valence-electron chi connectivity index (χ2n) is 12.1. The van der Waals surface area contributed by atoms with Crippen LogP contribution in [-0.4, -0.2) is 64.5 Å². The van der Waals surface area contributed by atoms with E-state index >= 15 is 0 Å². The Kier molecular flexibility index (Phi) is 7.72. The lowest BCUT2D eigenvalue weighted by molar-refractivity contribution is -0.144. The molecule has 5 atom stereocenters. The van der Waals surface area contributed by atoms with Crippen LogP contribution in [0.5, 0.6) is 0 Å². The van der Waals surface area contributed by atoms with E-state index in [-0.39, 0.29) is 30.1 Å². The zero-order valence-electron chi connectivity index (χ0n) is 23.8. The Morgan fingerprint density at radius 1 is 1.05 bits per heavy atom. The molecule has 2 saturated heterocycles. The summed E-state index contributed by atoms with van der Waals surface area (Å²) in [6.07, 6.45) is -8.52. The van der Waals surface area contributed by atoms with Crippen molar-refractivity contribution in [2.24, 2.45) is 11.3 Å². The van der Waals surface area contributed by atoms with Crippen LogP contribution < -0.4 is 0 Å². The zero-order chi connectivity index (χ0) is 31.6. The van der Waals surface area contributed by atoms with Crippen molar-refractivity contribution in [2.75, 3.05) is 26.7 Å². The monoisotopic (exact) mass is 615 g/mol. The lowest BCUT2D eigenvalue weighted by Gasteiger charge is -2.45. The van der Waals surface area contributed by atoms with Crippen molar-refractivity contribution in [3.63, 3.8) is 0 Å². The summed E-state index contributed by atoms with van der Waals surface area (Å²) < 4.78 is 95.0. The highest BCUT2D eigenvalue weighted by atomic mass is 19.4. The maximum atomic E-state index is 14.0. The first-order chi connectivity index (χ1) is 19.9. The van der Waals surface area contributed by atoms with Gasteiger partial charge in [-0.15, -0.1) is 0 Å². The lowest BCUT2D eigenvalue weighted by Crippen LogP contribution is -2.52. The third kappa shape index (κ3) is 5.80. The number of benzene rings is 2. The Labute approximate surface area is 244 Å². The molecule has 234 valence electrons. The first-order valence-corrected chi connectivity index (χ1v) is 14.0. The van der Waals surface area contributed by atoms with Crippen LogP contribution in [0.25, 0.3) is 0 Å². The van der Waals surface area contributed by atoms with Crippen molar-refractivity contribution in [3.8, 4) is 0 Å². The number of urea groups is 1. The van der Waals surface area contributed by atoms with Crippen molar-refractivity contribution < 1.29 is 45.4 Å². The second-order valence-corrected chi connectivity index (χ2v) is 12.1. The van der Waals surface area contributed by atoms with Gasteiger partial charge in [0, 0.05) is 32.7 Å². The molecule has 1 aliphatic carbocycles. The number of nitrogens with zero attached hydrogens (tertiary/aromatic N) is 3. The van der Waals surface area contributed by atoms with Gasteiger partial charge in [0.2, 0.25) is 0 Å². The average molecular weight is 616 g/mol.